The average Bonchev–Trinajstić information content (AvgIpc) is 3.19. The Hall–Kier alpha value is -5.53. The molecule has 0 saturated carbocycles. The zero-order valence-electron chi connectivity index (χ0n) is 28.5. The van der Waals surface area contributed by atoms with Crippen LogP contribution in [0.25, 0.3) is 0 Å². The zero-order chi connectivity index (χ0) is 37.7. The summed E-state index contributed by atoms with van der Waals surface area (Å²) in [5, 5.41) is 50.8. The molecule has 3 saturated heterocycles. The van der Waals surface area contributed by atoms with E-state index in [0.29, 0.717) is 39.5 Å². The predicted octanol–water partition coefficient (Wildman–Crippen LogP) is 3.56. The first-order valence-electron chi connectivity index (χ1n) is 16.4. The molecule has 2 atom stereocenters. The fraction of sp³-hybridized carbons (Fsp3) is 0.400. The molecule has 0 spiro atoms. The number of aromatic carboxylic acids is 1. The molecule has 52 heavy (non-hydrogen) atoms. The molecule has 17 nitrogen and oxygen atoms in total. The number of hydrogen-bond donors (Lipinski definition) is 3. The maximum Gasteiger partial charge on any atom is 0.335 e. The monoisotopic (exact) mass is 718 g/mol. The Morgan fingerprint density at radius 3 is 1.37 bits per heavy atom. The number of carboxylic acid groups (broad SMARTS) is 1. The highest BCUT2D eigenvalue weighted by Crippen LogP contribution is 2.24. The Morgan fingerprint density at radius 2 is 1.06 bits per heavy atom. The molecule has 3 aromatic rings. The average molecular weight is 719 g/mol. The van der Waals surface area contributed by atoms with Crippen molar-refractivity contribution in [2.45, 2.75) is 12.1 Å². The lowest BCUT2D eigenvalue weighted by Crippen LogP contribution is -2.38. The Kier molecular flexibility index (Phi) is 17.6. The Morgan fingerprint density at radius 1 is 0.692 bits per heavy atom. The molecule has 3 aliphatic rings. The van der Waals surface area contributed by atoms with Gasteiger partial charge in [0, 0.05) is 69.2 Å². The van der Waals surface area contributed by atoms with Crippen molar-refractivity contribution in [2.24, 2.45) is 0 Å². The van der Waals surface area contributed by atoms with Crippen LogP contribution in [0.4, 0.5) is 17.1 Å². The van der Waals surface area contributed by atoms with Gasteiger partial charge >= 0.3 is 5.97 Å². The van der Waals surface area contributed by atoms with Crippen molar-refractivity contribution in [3.63, 3.8) is 0 Å². The summed E-state index contributed by atoms with van der Waals surface area (Å²) in [4.78, 5) is 34.1. The summed E-state index contributed by atoms with van der Waals surface area (Å²) in [5.41, 5.74) is 8.11. The summed E-state index contributed by atoms with van der Waals surface area (Å²) < 4.78 is 15.5. The number of carbonyl (C=O) groups is 1. The molecule has 0 amide bonds. The van der Waals surface area contributed by atoms with Crippen molar-refractivity contribution in [3.05, 3.63) is 110 Å². The van der Waals surface area contributed by atoms with Gasteiger partial charge in [0.2, 0.25) is 0 Å². The van der Waals surface area contributed by atoms with E-state index < -0.39 is 15.8 Å². The Labute approximate surface area is 301 Å². The van der Waals surface area contributed by atoms with Crippen molar-refractivity contribution >= 4 is 23.0 Å². The molecule has 0 aliphatic carbocycles. The normalized spacial score (nSPS) is 17.0. The van der Waals surface area contributed by atoms with Crippen LogP contribution in [0.2, 0.25) is 0 Å². The van der Waals surface area contributed by atoms with Gasteiger partial charge in [-0.05, 0) is 47.5 Å². The van der Waals surface area contributed by atoms with E-state index in [1.165, 1.54) is 24.3 Å². The van der Waals surface area contributed by atoms with Gasteiger partial charge in [0.05, 0.1) is 67.2 Å². The molecule has 0 radical (unpaired) electrons. The van der Waals surface area contributed by atoms with Gasteiger partial charge < -0.3 is 30.4 Å². The predicted molar refractivity (Wildman–Crippen MR) is 189 cm³/mol. The number of rotatable bonds is 7. The number of nitrogens with two attached hydrogens (primary N) is 1. The van der Waals surface area contributed by atoms with Crippen LogP contribution in [-0.2, 0) is 14.2 Å². The van der Waals surface area contributed by atoms with Gasteiger partial charge in [0.1, 0.15) is 12.1 Å². The quantitative estimate of drug-likeness (QED) is 0.180. The van der Waals surface area contributed by atoms with Gasteiger partial charge in [-0.25, -0.2) is 4.79 Å². The maximum atomic E-state index is 10.6. The van der Waals surface area contributed by atoms with Crippen LogP contribution in [0.3, 0.4) is 0 Å². The summed E-state index contributed by atoms with van der Waals surface area (Å²) in [7, 11) is 0. The molecule has 276 valence electrons. The van der Waals surface area contributed by atoms with E-state index in [1.807, 2.05) is 29.2 Å². The molecule has 3 aromatic carbocycles. The standard InChI is InChI=1S/C12H13N3O3.C12H15N3O.C7H5NO4.C4H9NO/c13-9-12(14-5-7-18-8-6-14)10-1-3-11(4-2-10)15(16)17;13-9-12(15-5-7-16-8-6-15)10-1-3-11(14)4-2-10;9-7(10)5-1-3-6(4-2-5)8(11)12;1-3-6-4-2-5-1/h1-4,12H,5-8H2;1-4,12H,5-8,14H2;1-4H,(H,9,10);5H,1-4H2. The number of non-ortho nitro benzene ring substituents is 2. The topological polar surface area (TPSA) is 243 Å². The number of morpholine rings is 3. The summed E-state index contributed by atoms with van der Waals surface area (Å²) in [5.74, 6) is -1.09. The number of hydrogen-bond acceptors (Lipinski definition) is 14. The van der Waals surface area contributed by atoms with Crippen LogP contribution < -0.4 is 11.1 Å². The van der Waals surface area contributed by atoms with Gasteiger partial charge in [0.15, 0.2) is 0 Å². The third kappa shape index (κ3) is 13.6. The van der Waals surface area contributed by atoms with Gasteiger partial charge in [-0.15, -0.1) is 0 Å². The minimum atomic E-state index is -1.09. The third-order valence-electron chi connectivity index (χ3n) is 7.91. The first-order valence-corrected chi connectivity index (χ1v) is 16.4. The number of nitro groups is 2. The van der Waals surface area contributed by atoms with Crippen LogP contribution in [-0.4, -0.2) is 110 Å². The lowest BCUT2D eigenvalue weighted by Gasteiger charge is -2.30. The van der Waals surface area contributed by atoms with E-state index in [2.05, 4.69) is 22.4 Å². The second-order valence-corrected chi connectivity index (χ2v) is 11.3. The minimum absolute atomic E-state index is 0.0393. The Balaban J connectivity index is 0.000000197. The van der Waals surface area contributed by atoms with E-state index in [0.717, 1.165) is 68.3 Å². The van der Waals surface area contributed by atoms with Crippen LogP contribution >= 0.6 is 0 Å². The summed E-state index contributed by atoms with van der Waals surface area (Å²) in [6.45, 7) is 9.49. The molecule has 3 heterocycles. The third-order valence-corrected chi connectivity index (χ3v) is 7.91. The number of nitrogen functional groups attached to an aromatic ring is 1. The van der Waals surface area contributed by atoms with Crippen molar-refractivity contribution in [3.8, 4) is 12.1 Å². The molecular formula is C35H42N8O9. The van der Waals surface area contributed by atoms with E-state index in [1.54, 1.807) is 12.1 Å². The fourth-order valence-corrected chi connectivity index (χ4v) is 5.10. The largest absolute Gasteiger partial charge is 0.478 e. The molecule has 3 fully saturated rings. The number of nitro benzene ring substituents is 2. The van der Waals surface area contributed by atoms with Crippen LogP contribution in [0.15, 0.2) is 72.8 Å². The number of nitrogens with zero attached hydrogens (tertiary/aromatic N) is 6. The highest BCUT2D eigenvalue weighted by molar-refractivity contribution is 5.87. The second-order valence-electron chi connectivity index (χ2n) is 11.3. The van der Waals surface area contributed by atoms with Crippen LogP contribution in [0.5, 0.6) is 0 Å². The highest BCUT2D eigenvalue weighted by atomic mass is 16.6. The van der Waals surface area contributed by atoms with Gasteiger partial charge in [-0.2, -0.15) is 10.5 Å². The fourth-order valence-electron chi connectivity index (χ4n) is 5.10. The Bertz CT molecular complexity index is 1580. The van der Waals surface area contributed by atoms with E-state index in [9.17, 15) is 35.5 Å². The number of anilines is 1. The maximum absolute atomic E-state index is 10.6. The van der Waals surface area contributed by atoms with Gasteiger partial charge in [-0.1, -0.05) is 12.1 Å². The van der Waals surface area contributed by atoms with E-state index in [-0.39, 0.29) is 29.0 Å². The number of nitriles is 2. The number of benzene rings is 3. The van der Waals surface area contributed by atoms with Crippen molar-refractivity contribution in [1.29, 1.82) is 10.5 Å². The van der Waals surface area contributed by atoms with Crippen molar-refractivity contribution < 1.29 is 34.0 Å². The zero-order valence-corrected chi connectivity index (χ0v) is 28.5. The van der Waals surface area contributed by atoms with Gasteiger partial charge in [-0.3, -0.25) is 30.0 Å². The first kappa shape index (κ1) is 40.9. The lowest BCUT2D eigenvalue weighted by atomic mass is 10.1. The molecule has 0 bridgehead atoms. The van der Waals surface area contributed by atoms with Crippen molar-refractivity contribution in [2.75, 3.05) is 84.6 Å². The summed E-state index contributed by atoms with van der Waals surface area (Å²) >= 11 is 0. The highest BCUT2D eigenvalue weighted by Gasteiger charge is 2.23. The molecule has 4 N–H and O–H groups in total. The molecule has 6 rings (SSSR count). The van der Waals surface area contributed by atoms with Gasteiger partial charge in [0.25, 0.3) is 11.4 Å². The molecule has 0 aromatic heterocycles. The van der Waals surface area contributed by atoms with Crippen molar-refractivity contribution in [1.82, 2.24) is 15.1 Å². The van der Waals surface area contributed by atoms with Crippen LogP contribution in [0.1, 0.15) is 33.6 Å². The summed E-state index contributed by atoms with van der Waals surface area (Å²) in [6.07, 6.45) is 0. The van der Waals surface area contributed by atoms with Crippen LogP contribution in [0, 0.1) is 42.9 Å². The molecule has 2 unspecified atom stereocenters. The summed E-state index contributed by atoms with van der Waals surface area (Å²) in [6, 6.07) is 22.4. The number of nitrogens with one attached hydrogen (secondary N) is 1. The first-order chi connectivity index (χ1) is 25.1. The lowest BCUT2D eigenvalue weighted by molar-refractivity contribution is -0.385. The number of carboxylic acids is 1. The van der Waals surface area contributed by atoms with E-state index >= 15 is 0 Å². The molecular weight excluding hydrogens is 676 g/mol. The SMILES string of the molecule is C1COCCN1.N#CC(c1ccc(N)cc1)N1CCOCC1.N#CC(c1ccc([N+](=O)[O-])cc1)N1CCOCC1.O=C(O)c1ccc([N+](=O)[O-])cc1. The van der Waals surface area contributed by atoms with E-state index in [4.69, 9.17) is 25.1 Å². The minimum Gasteiger partial charge on any atom is -0.478 e. The second kappa shape index (κ2) is 22.3. The molecule has 17 heteroatoms. The number of ether oxygens (including phenoxy) is 3. The molecule has 3 aliphatic heterocycles. The smallest absolute Gasteiger partial charge is 0.335 e.